The molecular formula is C20H22FNO2. The van der Waals surface area contributed by atoms with E-state index in [0.717, 1.165) is 24.2 Å². The fourth-order valence-electron chi connectivity index (χ4n) is 3.41. The number of likely N-dealkylation sites (tertiary alicyclic amines) is 1. The van der Waals surface area contributed by atoms with Gasteiger partial charge in [0.1, 0.15) is 5.82 Å². The summed E-state index contributed by atoms with van der Waals surface area (Å²) in [5, 5.41) is 9.20. The molecule has 1 atom stereocenters. The second-order valence-electron chi connectivity index (χ2n) is 6.51. The number of carbonyl (C=O) groups is 1. The summed E-state index contributed by atoms with van der Waals surface area (Å²) in [6, 6.07) is 15.0. The quantitative estimate of drug-likeness (QED) is 0.922. The molecule has 0 radical (unpaired) electrons. The molecule has 126 valence electrons. The zero-order valence-electron chi connectivity index (χ0n) is 13.8. The zero-order valence-corrected chi connectivity index (χ0v) is 13.8. The minimum absolute atomic E-state index is 0.0287. The minimum Gasteiger partial charge on any atom is -0.481 e. The zero-order chi connectivity index (χ0) is 17.1. The van der Waals surface area contributed by atoms with Gasteiger partial charge >= 0.3 is 5.97 Å². The molecule has 3 rings (SSSR count). The first kappa shape index (κ1) is 16.7. The summed E-state index contributed by atoms with van der Waals surface area (Å²) in [5.41, 5.74) is 3.39. The molecule has 0 bridgehead atoms. The molecule has 1 unspecified atom stereocenters. The van der Waals surface area contributed by atoms with Crippen molar-refractivity contribution in [3.05, 3.63) is 71.0 Å². The van der Waals surface area contributed by atoms with Crippen molar-refractivity contribution in [3.63, 3.8) is 0 Å². The maximum atomic E-state index is 13.3. The number of hydrogen-bond donors (Lipinski definition) is 1. The van der Waals surface area contributed by atoms with Gasteiger partial charge in [-0.15, -0.1) is 0 Å². The Hall–Kier alpha value is -2.20. The number of nitrogens with zero attached hydrogens (tertiary/aromatic N) is 1. The van der Waals surface area contributed by atoms with E-state index in [-0.39, 0.29) is 17.8 Å². The lowest BCUT2D eigenvalue weighted by Crippen LogP contribution is -2.39. The summed E-state index contributed by atoms with van der Waals surface area (Å²) in [6.07, 6.45) is 1.30. The number of rotatable bonds is 4. The van der Waals surface area contributed by atoms with Gasteiger partial charge in [0.2, 0.25) is 0 Å². The van der Waals surface area contributed by atoms with Crippen LogP contribution in [0.4, 0.5) is 4.39 Å². The molecular weight excluding hydrogens is 305 g/mol. The molecule has 0 spiro atoms. The Morgan fingerprint density at radius 3 is 2.04 bits per heavy atom. The maximum absolute atomic E-state index is 13.3. The van der Waals surface area contributed by atoms with Crippen molar-refractivity contribution in [2.75, 3.05) is 13.1 Å². The van der Waals surface area contributed by atoms with Crippen molar-refractivity contribution in [1.82, 2.24) is 4.90 Å². The second-order valence-corrected chi connectivity index (χ2v) is 6.51. The van der Waals surface area contributed by atoms with Crippen LogP contribution in [0.25, 0.3) is 0 Å². The lowest BCUT2D eigenvalue weighted by atomic mass is 9.91. The lowest BCUT2D eigenvalue weighted by Gasteiger charge is -2.37. The van der Waals surface area contributed by atoms with E-state index in [2.05, 4.69) is 36.1 Å². The van der Waals surface area contributed by atoms with Crippen LogP contribution in [-0.2, 0) is 4.79 Å². The van der Waals surface area contributed by atoms with E-state index < -0.39 is 5.97 Å². The van der Waals surface area contributed by atoms with Gasteiger partial charge in [-0.25, -0.2) is 4.39 Å². The Kier molecular flexibility index (Phi) is 4.95. The van der Waals surface area contributed by atoms with Crippen LogP contribution in [0.2, 0.25) is 0 Å². The first-order chi connectivity index (χ1) is 11.5. The third kappa shape index (κ3) is 3.65. The number of hydrogen-bond acceptors (Lipinski definition) is 2. The predicted octanol–water partition coefficient (Wildman–Crippen LogP) is 4.02. The Morgan fingerprint density at radius 2 is 1.54 bits per heavy atom. The van der Waals surface area contributed by atoms with Gasteiger partial charge in [0, 0.05) is 0 Å². The standard InChI is InChI=1S/C20H22FNO2/c1-14-2-4-15(5-3-14)19(16-6-8-18(21)9-7-16)22-12-10-17(11-13-22)20(23)24/h2-9,17,19H,10-13H2,1H3,(H,23,24). The van der Waals surface area contributed by atoms with E-state index in [9.17, 15) is 14.3 Å². The van der Waals surface area contributed by atoms with E-state index in [1.807, 2.05) is 12.1 Å². The van der Waals surface area contributed by atoms with Gasteiger partial charge in [0.05, 0.1) is 12.0 Å². The smallest absolute Gasteiger partial charge is 0.306 e. The van der Waals surface area contributed by atoms with E-state index in [1.165, 1.54) is 17.7 Å². The molecule has 1 heterocycles. The van der Waals surface area contributed by atoms with E-state index >= 15 is 0 Å². The Balaban J connectivity index is 1.89. The fraction of sp³-hybridized carbons (Fsp3) is 0.350. The summed E-state index contributed by atoms with van der Waals surface area (Å²) in [6.45, 7) is 3.51. The Bertz CT molecular complexity index is 643. The number of carboxylic acids is 1. The predicted molar refractivity (Wildman–Crippen MR) is 91.4 cm³/mol. The third-order valence-corrected chi connectivity index (χ3v) is 4.82. The molecule has 1 aliphatic rings. The highest BCUT2D eigenvalue weighted by atomic mass is 19.1. The molecule has 1 saturated heterocycles. The molecule has 2 aromatic carbocycles. The molecule has 2 aromatic rings. The Morgan fingerprint density at radius 1 is 1.04 bits per heavy atom. The average Bonchev–Trinajstić information content (AvgIpc) is 2.59. The molecule has 24 heavy (non-hydrogen) atoms. The van der Waals surface area contributed by atoms with Gasteiger partial charge in [-0.05, 0) is 56.1 Å². The van der Waals surface area contributed by atoms with Gasteiger partial charge < -0.3 is 5.11 Å². The van der Waals surface area contributed by atoms with Crippen molar-refractivity contribution in [2.45, 2.75) is 25.8 Å². The van der Waals surface area contributed by atoms with Crippen LogP contribution in [-0.4, -0.2) is 29.1 Å². The fourth-order valence-corrected chi connectivity index (χ4v) is 3.41. The van der Waals surface area contributed by atoms with Crippen LogP contribution >= 0.6 is 0 Å². The number of halogens is 1. The number of carboxylic acid groups (broad SMARTS) is 1. The van der Waals surface area contributed by atoms with Gasteiger partial charge in [0.25, 0.3) is 0 Å². The summed E-state index contributed by atoms with van der Waals surface area (Å²) >= 11 is 0. The molecule has 1 N–H and O–H groups in total. The molecule has 1 fully saturated rings. The summed E-state index contributed by atoms with van der Waals surface area (Å²) in [5.74, 6) is -1.21. The van der Waals surface area contributed by atoms with Crippen LogP contribution in [0.15, 0.2) is 48.5 Å². The molecule has 4 heteroatoms. The normalized spacial score (nSPS) is 17.6. The third-order valence-electron chi connectivity index (χ3n) is 4.82. The van der Waals surface area contributed by atoms with Crippen molar-refractivity contribution in [2.24, 2.45) is 5.92 Å². The van der Waals surface area contributed by atoms with Gasteiger partial charge in [-0.1, -0.05) is 42.0 Å². The van der Waals surface area contributed by atoms with Crippen molar-refractivity contribution >= 4 is 5.97 Å². The molecule has 3 nitrogen and oxygen atoms in total. The molecule has 1 aliphatic heterocycles. The number of benzene rings is 2. The first-order valence-corrected chi connectivity index (χ1v) is 8.33. The minimum atomic E-state index is -0.705. The second kappa shape index (κ2) is 7.14. The van der Waals surface area contributed by atoms with E-state index in [0.29, 0.717) is 12.8 Å². The number of aryl methyl sites for hydroxylation is 1. The molecule has 0 aliphatic carbocycles. The van der Waals surface area contributed by atoms with Crippen molar-refractivity contribution in [3.8, 4) is 0 Å². The van der Waals surface area contributed by atoms with Crippen LogP contribution in [0.1, 0.15) is 35.6 Å². The van der Waals surface area contributed by atoms with Crippen LogP contribution < -0.4 is 0 Å². The summed E-state index contributed by atoms with van der Waals surface area (Å²) in [7, 11) is 0. The lowest BCUT2D eigenvalue weighted by molar-refractivity contribution is -0.143. The highest BCUT2D eigenvalue weighted by Gasteiger charge is 2.30. The average molecular weight is 327 g/mol. The van der Waals surface area contributed by atoms with Crippen molar-refractivity contribution < 1.29 is 14.3 Å². The molecule has 0 saturated carbocycles. The summed E-state index contributed by atoms with van der Waals surface area (Å²) < 4.78 is 13.3. The van der Waals surface area contributed by atoms with E-state index in [1.54, 1.807) is 0 Å². The largest absolute Gasteiger partial charge is 0.481 e. The first-order valence-electron chi connectivity index (χ1n) is 8.33. The molecule has 0 aromatic heterocycles. The number of aliphatic carboxylic acids is 1. The summed E-state index contributed by atoms with van der Waals surface area (Å²) in [4.78, 5) is 13.5. The number of piperidine rings is 1. The van der Waals surface area contributed by atoms with Crippen molar-refractivity contribution in [1.29, 1.82) is 0 Å². The maximum Gasteiger partial charge on any atom is 0.306 e. The van der Waals surface area contributed by atoms with Gasteiger partial charge in [-0.3, -0.25) is 9.69 Å². The SMILES string of the molecule is Cc1ccc(C(c2ccc(F)cc2)N2CCC(C(=O)O)CC2)cc1. The monoisotopic (exact) mass is 327 g/mol. The Labute approximate surface area is 141 Å². The topological polar surface area (TPSA) is 40.5 Å². The highest BCUT2D eigenvalue weighted by molar-refractivity contribution is 5.70. The van der Waals surface area contributed by atoms with Gasteiger partial charge in [0.15, 0.2) is 0 Å². The van der Waals surface area contributed by atoms with E-state index in [4.69, 9.17) is 0 Å². The van der Waals surface area contributed by atoms with Gasteiger partial charge in [-0.2, -0.15) is 0 Å². The van der Waals surface area contributed by atoms with Crippen LogP contribution in [0.3, 0.4) is 0 Å². The molecule has 0 amide bonds. The van der Waals surface area contributed by atoms with Crippen LogP contribution in [0.5, 0.6) is 0 Å². The highest BCUT2D eigenvalue weighted by Crippen LogP contribution is 2.32. The van der Waals surface area contributed by atoms with Crippen LogP contribution in [0, 0.1) is 18.7 Å².